The molecule has 1 aromatic carbocycles. The molecule has 3 heterocycles. The first-order chi connectivity index (χ1) is 14.1. The highest BCUT2D eigenvalue weighted by atomic mass is 19.1. The van der Waals surface area contributed by atoms with Crippen LogP contribution in [-0.2, 0) is 11.2 Å². The lowest BCUT2D eigenvalue weighted by Crippen LogP contribution is -2.45. The lowest BCUT2D eigenvalue weighted by Gasteiger charge is -2.32. The molecule has 4 rings (SSSR count). The number of nitrogens with one attached hydrogen (secondary N) is 1. The highest BCUT2D eigenvalue weighted by Crippen LogP contribution is 2.19. The van der Waals surface area contributed by atoms with Gasteiger partial charge >= 0.3 is 0 Å². The third kappa shape index (κ3) is 4.45. The maximum atomic E-state index is 13.1. The van der Waals surface area contributed by atoms with Crippen LogP contribution >= 0.6 is 0 Å². The van der Waals surface area contributed by atoms with Gasteiger partial charge in [0.25, 0.3) is 5.91 Å². The van der Waals surface area contributed by atoms with E-state index in [1.807, 2.05) is 35.0 Å². The number of amides is 2. The highest BCUT2D eigenvalue weighted by molar-refractivity contribution is 5.94. The molecule has 150 valence electrons. The van der Waals surface area contributed by atoms with Gasteiger partial charge in [-0.2, -0.15) is 0 Å². The number of carbonyl (C=O) groups excluding carboxylic acids is 2. The minimum atomic E-state index is -0.372. The maximum Gasteiger partial charge on any atom is 0.253 e. The highest BCUT2D eigenvalue weighted by Gasteiger charge is 2.28. The number of piperidine rings is 1. The Labute approximate surface area is 168 Å². The lowest BCUT2D eigenvalue weighted by molar-refractivity contribution is -0.126. The van der Waals surface area contributed by atoms with E-state index in [4.69, 9.17) is 0 Å². The monoisotopic (exact) mass is 394 g/mol. The third-order valence-electron chi connectivity index (χ3n) is 5.26. The van der Waals surface area contributed by atoms with Crippen molar-refractivity contribution in [2.45, 2.75) is 19.3 Å². The summed E-state index contributed by atoms with van der Waals surface area (Å²) in [5.74, 6) is -0.796. The number of aromatic nitrogens is 2. The predicted molar refractivity (Wildman–Crippen MR) is 107 cm³/mol. The Morgan fingerprint density at radius 1 is 1.17 bits per heavy atom. The average Bonchev–Trinajstić information content (AvgIpc) is 3.16. The van der Waals surface area contributed by atoms with E-state index in [1.54, 1.807) is 4.90 Å². The zero-order valence-electron chi connectivity index (χ0n) is 16.1. The van der Waals surface area contributed by atoms with Crippen LogP contribution in [0.2, 0.25) is 0 Å². The molecule has 3 aromatic rings. The molecule has 1 aliphatic rings. The molecule has 0 radical (unpaired) electrons. The molecular weight excluding hydrogens is 371 g/mol. The molecule has 2 amide bonds. The van der Waals surface area contributed by atoms with Crippen LogP contribution in [0.25, 0.3) is 5.65 Å². The molecule has 1 saturated heterocycles. The van der Waals surface area contributed by atoms with Gasteiger partial charge in [-0.3, -0.25) is 9.59 Å². The van der Waals surface area contributed by atoms with Crippen LogP contribution in [-0.4, -0.2) is 45.7 Å². The van der Waals surface area contributed by atoms with Crippen LogP contribution in [0.1, 0.15) is 28.9 Å². The SMILES string of the molecule is O=C(NCCc1cn2ccccc2n1)C1CCCN(C(=O)c2ccc(F)cc2)C1. The number of pyridine rings is 1. The first kappa shape index (κ1) is 19.1. The molecule has 6 nitrogen and oxygen atoms in total. The van der Waals surface area contributed by atoms with Crippen LogP contribution in [0.15, 0.2) is 54.9 Å². The van der Waals surface area contributed by atoms with Gasteiger partial charge in [0.05, 0.1) is 11.6 Å². The molecule has 0 spiro atoms. The molecule has 0 bridgehead atoms. The number of imidazole rings is 1. The largest absolute Gasteiger partial charge is 0.355 e. The second kappa shape index (κ2) is 8.43. The number of nitrogens with zero attached hydrogens (tertiary/aromatic N) is 3. The summed E-state index contributed by atoms with van der Waals surface area (Å²) in [5.41, 5.74) is 2.25. The lowest BCUT2D eigenvalue weighted by atomic mass is 9.96. The van der Waals surface area contributed by atoms with Crippen molar-refractivity contribution < 1.29 is 14.0 Å². The number of halogens is 1. The fourth-order valence-electron chi connectivity index (χ4n) is 3.72. The van der Waals surface area contributed by atoms with Crippen molar-refractivity contribution in [3.63, 3.8) is 0 Å². The van der Waals surface area contributed by atoms with Gasteiger partial charge in [-0.05, 0) is 49.2 Å². The summed E-state index contributed by atoms with van der Waals surface area (Å²) in [4.78, 5) is 31.4. The second-order valence-electron chi connectivity index (χ2n) is 7.34. The van der Waals surface area contributed by atoms with Crippen LogP contribution in [0.4, 0.5) is 4.39 Å². The first-order valence-electron chi connectivity index (χ1n) is 9.85. The molecule has 0 saturated carbocycles. The number of fused-ring (bicyclic) bond motifs is 1. The van der Waals surface area contributed by atoms with Crippen LogP contribution in [0, 0.1) is 11.7 Å². The van der Waals surface area contributed by atoms with Crippen molar-refractivity contribution in [2.24, 2.45) is 5.92 Å². The summed E-state index contributed by atoms with van der Waals surface area (Å²) in [7, 11) is 0. The summed E-state index contributed by atoms with van der Waals surface area (Å²) in [6, 6.07) is 11.4. The molecule has 1 aliphatic heterocycles. The maximum absolute atomic E-state index is 13.1. The molecule has 7 heteroatoms. The Morgan fingerprint density at radius 3 is 2.79 bits per heavy atom. The van der Waals surface area contributed by atoms with E-state index in [1.165, 1.54) is 24.3 Å². The molecule has 1 N–H and O–H groups in total. The summed E-state index contributed by atoms with van der Waals surface area (Å²) >= 11 is 0. The standard InChI is InChI=1S/C22H23FN4O2/c23-18-8-6-16(7-9-18)22(29)27-13-3-4-17(14-27)21(28)24-11-10-19-15-26-12-2-1-5-20(26)25-19/h1-2,5-9,12,15,17H,3-4,10-11,13-14H2,(H,24,28). The van der Waals surface area contributed by atoms with E-state index in [9.17, 15) is 14.0 Å². The smallest absolute Gasteiger partial charge is 0.253 e. The average molecular weight is 394 g/mol. The van der Waals surface area contributed by atoms with Crippen LogP contribution in [0.5, 0.6) is 0 Å². The van der Waals surface area contributed by atoms with E-state index in [-0.39, 0.29) is 23.5 Å². The summed E-state index contributed by atoms with van der Waals surface area (Å²) in [6.45, 7) is 1.50. The minimum absolute atomic E-state index is 0.0367. The summed E-state index contributed by atoms with van der Waals surface area (Å²) < 4.78 is 15.0. The van der Waals surface area contributed by atoms with E-state index >= 15 is 0 Å². The number of hydrogen-bond acceptors (Lipinski definition) is 3. The van der Waals surface area contributed by atoms with Crippen molar-refractivity contribution in [1.29, 1.82) is 0 Å². The van der Waals surface area contributed by atoms with Crippen molar-refractivity contribution in [3.05, 3.63) is 71.9 Å². The van der Waals surface area contributed by atoms with Gasteiger partial charge in [-0.15, -0.1) is 0 Å². The number of carbonyl (C=O) groups is 2. The molecule has 1 fully saturated rings. The van der Waals surface area contributed by atoms with E-state index in [2.05, 4.69) is 10.3 Å². The fourth-order valence-corrected chi connectivity index (χ4v) is 3.72. The van der Waals surface area contributed by atoms with Gasteiger partial charge < -0.3 is 14.6 Å². The van der Waals surface area contributed by atoms with Gasteiger partial charge in [-0.25, -0.2) is 9.37 Å². The second-order valence-corrected chi connectivity index (χ2v) is 7.34. The number of hydrogen-bond donors (Lipinski definition) is 1. The summed E-state index contributed by atoms with van der Waals surface area (Å²) in [6.07, 6.45) is 6.09. The van der Waals surface area contributed by atoms with E-state index in [0.717, 1.165) is 24.2 Å². The Morgan fingerprint density at radius 2 is 2.00 bits per heavy atom. The molecule has 2 aromatic heterocycles. The quantitative estimate of drug-likeness (QED) is 0.724. The van der Waals surface area contributed by atoms with Crippen molar-refractivity contribution >= 4 is 17.5 Å². The van der Waals surface area contributed by atoms with Crippen LogP contribution < -0.4 is 5.32 Å². The first-order valence-corrected chi connectivity index (χ1v) is 9.85. The van der Waals surface area contributed by atoms with Gasteiger partial charge in [0.1, 0.15) is 11.5 Å². The Balaban J connectivity index is 1.30. The molecule has 1 unspecified atom stereocenters. The van der Waals surface area contributed by atoms with Crippen molar-refractivity contribution in [3.8, 4) is 0 Å². The fraction of sp³-hybridized carbons (Fsp3) is 0.318. The van der Waals surface area contributed by atoms with Crippen molar-refractivity contribution in [1.82, 2.24) is 19.6 Å². The molecule has 0 aliphatic carbocycles. The topological polar surface area (TPSA) is 66.7 Å². The molecule has 29 heavy (non-hydrogen) atoms. The Bertz CT molecular complexity index is 982. The Kier molecular flexibility index (Phi) is 5.55. The van der Waals surface area contributed by atoms with Gasteiger partial charge in [0.2, 0.25) is 5.91 Å². The summed E-state index contributed by atoms with van der Waals surface area (Å²) in [5, 5.41) is 2.98. The van der Waals surface area contributed by atoms with Gasteiger partial charge in [0, 0.05) is 44.0 Å². The molecule has 1 atom stereocenters. The van der Waals surface area contributed by atoms with Crippen molar-refractivity contribution in [2.75, 3.05) is 19.6 Å². The van der Waals surface area contributed by atoms with E-state index < -0.39 is 0 Å². The zero-order chi connectivity index (χ0) is 20.2. The van der Waals surface area contributed by atoms with Gasteiger partial charge in [0.15, 0.2) is 0 Å². The predicted octanol–water partition coefficient (Wildman–Crippen LogP) is 2.68. The zero-order valence-corrected chi connectivity index (χ0v) is 16.1. The van der Waals surface area contributed by atoms with Crippen LogP contribution in [0.3, 0.4) is 0 Å². The minimum Gasteiger partial charge on any atom is -0.355 e. The van der Waals surface area contributed by atoms with Gasteiger partial charge in [-0.1, -0.05) is 6.07 Å². The Hall–Kier alpha value is -3.22. The number of benzene rings is 1. The number of likely N-dealkylation sites (tertiary alicyclic amines) is 1. The van der Waals surface area contributed by atoms with E-state index in [0.29, 0.717) is 31.6 Å². The number of rotatable bonds is 5. The molecular formula is C22H23FN4O2. The third-order valence-corrected chi connectivity index (χ3v) is 5.26. The normalized spacial score (nSPS) is 16.7.